The smallest absolute Gasteiger partial charge is 0.0658 e. The highest BCUT2D eigenvalue weighted by atomic mass is 16.3. The quantitative estimate of drug-likeness (QED) is 0.730. The zero-order chi connectivity index (χ0) is 10.1. The molecule has 0 radical (unpaired) electrons. The monoisotopic (exact) mass is 196 g/mol. The molecular weight excluding hydrogens is 172 g/mol. The Morgan fingerprint density at radius 1 is 1.07 bits per heavy atom. The molecule has 1 spiro atoms. The molecule has 1 N–H and O–H groups in total. The topological polar surface area (TPSA) is 20.2 Å². The first-order valence-electron chi connectivity index (χ1n) is 6.41. The molecule has 2 saturated carbocycles. The standard InChI is InChI=1S/C13H24O/c1-2-3-9-13(14)10-12(11-13)7-5-4-6-8-12/h14H,2-11H2,1H3. The van der Waals surface area contributed by atoms with Gasteiger partial charge in [0.2, 0.25) is 0 Å². The van der Waals surface area contributed by atoms with Crippen molar-refractivity contribution >= 4 is 0 Å². The summed E-state index contributed by atoms with van der Waals surface area (Å²) < 4.78 is 0. The number of aliphatic hydroxyl groups is 1. The lowest BCUT2D eigenvalue weighted by Gasteiger charge is -2.55. The van der Waals surface area contributed by atoms with E-state index in [0.29, 0.717) is 5.41 Å². The molecule has 2 fully saturated rings. The third-order valence-corrected chi connectivity index (χ3v) is 4.32. The maximum atomic E-state index is 10.3. The van der Waals surface area contributed by atoms with Crippen molar-refractivity contribution in [3.8, 4) is 0 Å². The Labute approximate surface area is 87.9 Å². The second-order valence-electron chi connectivity index (χ2n) is 5.74. The molecule has 0 aliphatic heterocycles. The van der Waals surface area contributed by atoms with Gasteiger partial charge in [-0.3, -0.25) is 0 Å². The molecule has 0 unspecified atom stereocenters. The Kier molecular flexibility index (Phi) is 2.88. The van der Waals surface area contributed by atoms with Crippen LogP contribution in [0, 0.1) is 5.41 Å². The summed E-state index contributed by atoms with van der Waals surface area (Å²) in [6.45, 7) is 2.21. The average Bonchev–Trinajstić information content (AvgIpc) is 2.14. The highest BCUT2D eigenvalue weighted by Crippen LogP contribution is 2.58. The van der Waals surface area contributed by atoms with Crippen molar-refractivity contribution in [3.05, 3.63) is 0 Å². The molecule has 2 rings (SSSR count). The van der Waals surface area contributed by atoms with E-state index in [-0.39, 0.29) is 5.60 Å². The Bertz CT molecular complexity index is 183. The van der Waals surface area contributed by atoms with Crippen LogP contribution in [0.5, 0.6) is 0 Å². The van der Waals surface area contributed by atoms with Gasteiger partial charge in [-0.2, -0.15) is 0 Å². The van der Waals surface area contributed by atoms with E-state index in [1.54, 1.807) is 0 Å². The Balaban J connectivity index is 1.81. The van der Waals surface area contributed by atoms with E-state index in [9.17, 15) is 5.11 Å². The molecular formula is C13H24O. The van der Waals surface area contributed by atoms with Gasteiger partial charge in [0.25, 0.3) is 0 Å². The SMILES string of the molecule is CCCCC1(O)CC2(CCCCC2)C1. The Morgan fingerprint density at radius 2 is 1.71 bits per heavy atom. The molecule has 0 saturated heterocycles. The van der Waals surface area contributed by atoms with Crippen molar-refractivity contribution in [2.24, 2.45) is 5.41 Å². The van der Waals surface area contributed by atoms with Crippen molar-refractivity contribution in [2.45, 2.75) is 76.7 Å². The van der Waals surface area contributed by atoms with Crippen LogP contribution in [0.2, 0.25) is 0 Å². The summed E-state index contributed by atoms with van der Waals surface area (Å²) in [5.41, 5.74) is 0.327. The van der Waals surface area contributed by atoms with Crippen LogP contribution < -0.4 is 0 Å². The fourth-order valence-corrected chi connectivity index (χ4v) is 3.68. The second-order valence-corrected chi connectivity index (χ2v) is 5.74. The summed E-state index contributed by atoms with van der Waals surface area (Å²) in [6.07, 6.45) is 12.7. The summed E-state index contributed by atoms with van der Waals surface area (Å²) >= 11 is 0. The van der Waals surface area contributed by atoms with Gasteiger partial charge < -0.3 is 5.11 Å². The predicted molar refractivity (Wildman–Crippen MR) is 59.2 cm³/mol. The van der Waals surface area contributed by atoms with Crippen LogP contribution in [-0.4, -0.2) is 10.7 Å². The molecule has 1 heteroatoms. The lowest BCUT2D eigenvalue weighted by atomic mass is 9.52. The fourth-order valence-electron chi connectivity index (χ4n) is 3.68. The molecule has 82 valence electrons. The van der Waals surface area contributed by atoms with Crippen LogP contribution in [0.1, 0.15) is 71.1 Å². The zero-order valence-corrected chi connectivity index (χ0v) is 9.52. The Morgan fingerprint density at radius 3 is 2.29 bits per heavy atom. The van der Waals surface area contributed by atoms with Crippen LogP contribution in [0.3, 0.4) is 0 Å². The molecule has 2 aliphatic carbocycles. The third kappa shape index (κ3) is 1.98. The van der Waals surface area contributed by atoms with Gasteiger partial charge in [0.15, 0.2) is 0 Å². The molecule has 0 aromatic heterocycles. The molecule has 1 nitrogen and oxygen atoms in total. The number of hydrogen-bond acceptors (Lipinski definition) is 1. The van der Waals surface area contributed by atoms with Crippen molar-refractivity contribution in [3.63, 3.8) is 0 Å². The molecule has 0 aromatic rings. The number of unbranched alkanes of at least 4 members (excludes halogenated alkanes) is 1. The van der Waals surface area contributed by atoms with Crippen molar-refractivity contribution in [1.29, 1.82) is 0 Å². The van der Waals surface area contributed by atoms with Gasteiger partial charge >= 0.3 is 0 Å². The van der Waals surface area contributed by atoms with Gasteiger partial charge in [-0.15, -0.1) is 0 Å². The first kappa shape index (κ1) is 10.5. The van der Waals surface area contributed by atoms with Crippen LogP contribution >= 0.6 is 0 Å². The van der Waals surface area contributed by atoms with Crippen LogP contribution in [0.4, 0.5) is 0 Å². The van der Waals surface area contributed by atoms with Gasteiger partial charge in [-0.1, -0.05) is 39.0 Å². The van der Waals surface area contributed by atoms with E-state index in [1.807, 2.05) is 0 Å². The van der Waals surface area contributed by atoms with E-state index in [1.165, 1.54) is 44.9 Å². The minimum Gasteiger partial charge on any atom is -0.390 e. The molecule has 0 amide bonds. The van der Waals surface area contributed by atoms with Crippen LogP contribution in [0.15, 0.2) is 0 Å². The molecule has 0 bridgehead atoms. The lowest BCUT2D eigenvalue weighted by Crippen LogP contribution is -2.52. The molecule has 0 aromatic carbocycles. The molecule has 2 aliphatic rings. The minimum absolute atomic E-state index is 0.257. The van der Waals surface area contributed by atoms with E-state index in [2.05, 4.69) is 6.92 Å². The predicted octanol–water partition coefficient (Wildman–Crippen LogP) is 3.65. The maximum Gasteiger partial charge on any atom is 0.0658 e. The summed E-state index contributed by atoms with van der Waals surface area (Å²) in [5.74, 6) is 0. The highest BCUT2D eigenvalue weighted by Gasteiger charge is 2.52. The maximum absolute atomic E-state index is 10.3. The van der Waals surface area contributed by atoms with Crippen molar-refractivity contribution in [1.82, 2.24) is 0 Å². The third-order valence-electron chi connectivity index (χ3n) is 4.32. The zero-order valence-electron chi connectivity index (χ0n) is 9.52. The minimum atomic E-state index is -0.257. The van der Waals surface area contributed by atoms with E-state index in [4.69, 9.17) is 0 Å². The first-order valence-corrected chi connectivity index (χ1v) is 6.41. The van der Waals surface area contributed by atoms with Gasteiger partial charge in [-0.25, -0.2) is 0 Å². The average molecular weight is 196 g/mol. The summed E-state index contributed by atoms with van der Waals surface area (Å²) in [4.78, 5) is 0. The largest absolute Gasteiger partial charge is 0.390 e. The number of hydrogen-bond donors (Lipinski definition) is 1. The van der Waals surface area contributed by atoms with Gasteiger partial charge in [-0.05, 0) is 37.5 Å². The Hall–Kier alpha value is -0.0400. The van der Waals surface area contributed by atoms with Gasteiger partial charge in [0.05, 0.1) is 5.60 Å². The molecule has 14 heavy (non-hydrogen) atoms. The lowest BCUT2D eigenvalue weighted by molar-refractivity contribution is -0.147. The van der Waals surface area contributed by atoms with Crippen LogP contribution in [-0.2, 0) is 0 Å². The van der Waals surface area contributed by atoms with Crippen molar-refractivity contribution < 1.29 is 5.11 Å². The van der Waals surface area contributed by atoms with E-state index < -0.39 is 0 Å². The van der Waals surface area contributed by atoms with Gasteiger partial charge in [0, 0.05) is 0 Å². The summed E-state index contributed by atoms with van der Waals surface area (Å²) in [6, 6.07) is 0. The molecule has 0 heterocycles. The summed E-state index contributed by atoms with van der Waals surface area (Å²) in [7, 11) is 0. The van der Waals surface area contributed by atoms with Crippen molar-refractivity contribution in [2.75, 3.05) is 0 Å². The summed E-state index contributed by atoms with van der Waals surface area (Å²) in [5, 5.41) is 10.3. The molecule has 0 atom stereocenters. The first-order chi connectivity index (χ1) is 6.68. The van der Waals surface area contributed by atoms with Crippen LogP contribution in [0.25, 0.3) is 0 Å². The normalized spacial score (nSPS) is 28.7. The van der Waals surface area contributed by atoms with Gasteiger partial charge in [0.1, 0.15) is 0 Å². The van der Waals surface area contributed by atoms with E-state index >= 15 is 0 Å². The van der Waals surface area contributed by atoms with E-state index in [0.717, 1.165) is 19.3 Å². The number of rotatable bonds is 3. The highest BCUT2D eigenvalue weighted by molar-refractivity contribution is 5.04. The fraction of sp³-hybridized carbons (Fsp3) is 1.00. The second kappa shape index (κ2) is 3.84.